The predicted molar refractivity (Wildman–Crippen MR) is 54.5 cm³/mol. The van der Waals surface area contributed by atoms with Crippen molar-refractivity contribution in [3.05, 3.63) is 29.3 Å². The lowest BCUT2D eigenvalue weighted by Gasteiger charge is -2.03. The van der Waals surface area contributed by atoms with E-state index in [9.17, 15) is 4.79 Å². The van der Waals surface area contributed by atoms with Crippen molar-refractivity contribution in [1.29, 1.82) is 5.26 Å². The summed E-state index contributed by atoms with van der Waals surface area (Å²) in [6, 6.07) is 6.79. The molecular weight excluding hydrogens is 198 g/mol. The second kappa shape index (κ2) is 4.68. The molecule has 1 rings (SSSR count). The first-order valence-electron chi connectivity index (χ1n) is 4.10. The van der Waals surface area contributed by atoms with E-state index in [0.29, 0.717) is 0 Å². The Morgan fingerprint density at radius 1 is 1.64 bits per heavy atom. The number of rotatable bonds is 3. The van der Waals surface area contributed by atoms with Crippen LogP contribution in [0.2, 0.25) is 0 Å². The molecule has 4 heteroatoms. The highest BCUT2D eigenvalue weighted by atomic mass is 32.2. The molecule has 72 valence electrons. The van der Waals surface area contributed by atoms with Crippen molar-refractivity contribution in [3.63, 3.8) is 0 Å². The maximum atomic E-state index is 10.8. The number of benzene rings is 1. The predicted octanol–water partition coefficient (Wildman–Crippen LogP) is 2.37. The first-order chi connectivity index (χ1) is 6.70. The van der Waals surface area contributed by atoms with Gasteiger partial charge in [0.05, 0.1) is 11.1 Å². The lowest BCUT2D eigenvalue weighted by Crippen LogP contribution is -2.01. The Bertz CT molecular complexity index is 396. The fourth-order valence-corrected chi connectivity index (χ4v) is 1.89. The minimum atomic E-state index is -1.06. The van der Waals surface area contributed by atoms with Crippen LogP contribution in [0.5, 0.6) is 0 Å². The summed E-state index contributed by atoms with van der Waals surface area (Å²) in [4.78, 5) is 11.5. The summed E-state index contributed by atoms with van der Waals surface area (Å²) >= 11 is 1.47. The maximum absolute atomic E-state index is 10.8. The summed E-state index contributed by atoms with van der Waals surface area (Å²) in [5.74, 6) is -0.238. The quantitative estimate of drug-likeness (QED) is 0.773. The number of nitrogens with zero attached hydrogens (tertiary/aromatic N) is 1. The summed E-state index contributed by atoms with van der Waals surface area (Å²) in [6.45, 7) is 1.96. The molecule has 0 amide bonds. The van der Waals surface area contributed by atoms with E-state index in [0.717, 1.165) is 10.6 Å². The molecule has 0 atom stereocenters. The van der Waals surface area contributed by atoms with Gasteiger partial charge >= 0.3 is 5.97 Å². The first kappa shape index (κ1) is 10.6. The molecule has 0 saturated heterocycles. The van der Waals surface area contributed by atoms with Gasteiger partial charge in [0.15, 0.2) is 0 Å². The topological polar surface area (TPSA) is 61.1 Å². The molecule has 1 aromatic carbocycles. The van der Waals surface area contributed by atoms with Gasteiger partial charge in [-0.3, -0.25) is 0 Å². The highest BCUT2D eigenvalue weighted by Gasteiger charge is 2.12. The lowest BCUT2D eigenvalue weighted by atomic mass is 10.1. The molecule has 0 spiro atoms. The molecule has 0 saturated carbocycles. The fraction of sp³-hybridized carbons (Fsp3) is 0.200. The van der Waals surface area contributed by atoms with Crippen LogP contribution in [0.4, 0.5) is 0 Å². The van der Waals surface area contributed by atoms with Gasteiger partial charge in [-0.25, -0.2) is 4.79 Å². The average molecular weight is 207 g/mol. The molecule has 0 aliphatic carbocycles. The number of aromatic carboxylic acids is 1. The molecule has 0 bridgehead atoms. The molecule has 0 radical (unpaired) electrons. The van der Waals surface area contributed by atoms with Gasteiger partial charge < -0.3 is 5.11 Å². The van der Waals surface area contributed by atoms with Gasteiger partial charge in [0.2, 0.25) is 0 Å². The van der Waals surface area contributed by atoms with E-state index in [4.69, 9.17) is 10.4 Å². The standard InChI is InChI=1S/C10H9NO2S/c1-2-14-9-5-3-4-7(10(12)13)8(9)6-11/h3-5H,2H2,1H3,(H,12,13). The third-order valence-electron chi connectivity index (χ3n) is 1.67. The molecular formula is C10H9NO2S. The summed E-state index contributed by atoms with van der Waals surface area (Å²) in [6.07, 6.45) is 0. The first-order valence-corrected chi connectivity index (χ1v) is 5.08. The van der Waals surface area contributed by atoms with Crippen molar-refractivity contribution in [3.8, 4) is 6.07 Å². The second-order valence-electron chi connectivity index (χ2n) is 2.53. The van der Waals surface area contributed by atoms with Crippen LogP contribution in [-0.4, -0.2) is 16.8 Å². The van der Waals surface area contributed by atoms with Crippen molar-refractivity contribution in [1.82, 2.24) is 0 Å². The summed E-state index contributed by atoms with van der Waals surface area (Å²) in [7, 11) is 0. The van der Waals surface area contributed by atoms with E-state index in [1.165, 1.54) is 17.8 Å². The summed E-state index contributed by atoms with van der Waals surface area (Å²) in [5.41, 5.74) is 0.331. The molecule has 0 unspecified atom stereocenters. The average Bonchev–Trinajstić information content (AvgIpc) is 2.18. The van der Waals surface area contributed by atoms with Crippen LogP contribution < -0.4 is 0 Å². The Balaban J connectivity index is 3.27. The van der Waals surface area contributed by atoms with Crippen LogP contribution in [-0.2, 0) is 0 Å². The molecule has 0 aliphatic rings. The van der Waals surface area contributed by atoms with E-state index < -0.39 is 5.97 Å². The van der Waals surface area contributed by atoms with Crippen molar-refractivity contribution < 1.29 is 9.90 Å². The van der Waals surface area contributed by atoms with Crippen LogP contribution >= 0.6 is 11.8 Å². The van der Waals surface area contributed by atoms with Gasteiger partial charge in [0, 0.05) is 4.90 Å². The third kappa shape index (κ3) is 2.06. The fourth-order valence-electron chi connectivity index (χ4n) is 1.10. The Hall–Kier alpha value is -1.47. The van der Waals surface area contributed by atoms with Gasteiger partial charge in [-0.2, -0.15) is 5.26 Å². The molecule has 0 aromatic heterocycles. The zero-order chi connectivity index (χ0) is 10.6. The smallest absolute Gasteiger partial charge is 0.337 e. The van der Waals surface area contributed by atoms with Gasteiger partial charge in [-0.05, 0) is 17.9 Å². The summed E-state index contributed by atoms with van der Waals surface area (Å²) in [5, 5.41) is 17.7. The normalized spacial score (nSPS) is 9.43. The van der Waals surface area contributed by atoms with Gasteiger partial charge in [0.1, 0.15) is 6.07 Å². The number of thioether (sulfide) groups is 1. The number of carbonyl (C=O) groups is 1. The Morgan fingerprint density at radius 2 is 2.36 bits per heavy atom. The maximum Gasteiger partial charge on any atom is 0.337 e. The molecule has 0 aliphatic heterocycles. The van der Waals surface area contributed by atoms with Gasteiger partial charge in [-0.15, -0.1) is 11.8 Å². The summed E-state index contributed by atoms with van der Waals surface area (Å²) < 4.78 is 0. The number of carboxylic acid groups (broad SMARTS) is 1. The number of carboxylic acids is 1. The van der Waals surface area contributed by atoms with Crippen molar-refractivity contribution in [2.45, 2.75) is 11.8 Å². The Labute approximate surface area is 86.4 Å². The largest absolute Gasteiger partial charge is 0.478 e. The molecule has 3 nitrogen and oxygen atoms in total. The number of hydrogen-bond donors (Lipinski definition) is 1. The van der Waals surface area contributed by atoms with Gasteiger partial charge in [-0.1, -0.05) is 13.0 Å². The van der Waals surface area contributed by atoms with Crippen molar-refractivity contribution >= 4 is 17.7 Å². The Morgan fingerprint density at radius 3 is 2.86 bits per heavy atom. The SMILES string of the molecule is CCSc1cccc(C(=O)O)c1C#N. The molecule has 1 aromatic rings. The second-order valence-corrected chi connectivity index (χ2v) is 3.83. The van der Waals surface area contributed by atoms with E-state index in [2.05, 4.69) is 0 Å². The van der Waals surface area contributed by atoms with E-state index in [-0.39, 0.29) is 11.1 Å². The molecule has 1 N–H and O–H groups in total. The molecule has 0 heterocycles. The molecule has 0 fully saturated rings. The lowest BCUT2D eigenvalue weighted by molar-refractivity contribution is 0.0696. The zero-order valence-corrected chi connectivity index (χ0v) is 8.47. The minimum absolute atomic E-state index is 0.0750. The van der Waals surface area contributed by atoms with Crippen LogP contribution in [0, 0.1) is 11.3 Å². The van der Waals surface area contributed by atoms with Crippen molar-refractivity contribution in [2.24, 2.45) is 0 Å². The van der Waals surface area contributed by atoms with Crippen LogP contribution in [0.1, 0.15) is 22.8 Å². The zero-order valence-electron chi connectivity index (χ0n) is 7.65. The van der Waals surface area contributed by atoms with Crippen molar-refractivity contribution in [2.75, 3.05) is 5.75 Å². The van der Waals surface area contributed by atoms with Crippen LogP contribution in [0.25, 0.3) is 0 Å². The van der Waals surface area contributed by atoms with E-state index in [1.807, 2.05) is 13.0 Å². The van der Waals surface area contributed by atoms with Crippen LogP contribution in [0.15, 0.2) is 23.1 Å². The van der Waals surface area contributed by atoms with E-state index >= 15 is 0 Å². The van der Waals surface area contributed by atoms with E-state index in [1.54, 1.807) is 12.1 Å². The monoisotopic (exact) mass is 207 g/mol. The highest BCUT2D eigenvalue weighted by molar-refractivity contribution is 7.99. The third-order valence-corrected chi connectivity index (χ3v) is 2.61. The van der Waals surface area contributed by atoms with Crippen LogP contribution in [0.3, 0.4) is 0 Å². The number of hydrogen-bond acceptors (Lipinski definition) is 3. The Kier molecular flexibility index (Phi) is 3.55. The minimum Gasteiger partial charge on any atom is -0.478 e. The number of nitriles is 1. The molecule has 14 heavy (non-hydrogen) atoms. The highest BCUT2D eigenvalue weighted by Crippen LogP contribution is 2.24. The van der Waals surface area contributed by atoms with Gasteiger partial charge in [0.25, 0.3) is 0 Å².